The Hall–Kier alpha value is -4.65. The van der Waals surface area contributed by atoms with E-state index in [-0.39, 0.29) is 23.9 Å². The number of nitrogens with zero attached hydrogens (tertiary/aromatic N) is 5. The highest BCUT2D eigenvalue weighted by Gasteiger charge is 2.18. The summed E-state index contributed by atoms with van der Waals surface area (Å²) in [5.74, 6) is -1.10. The summed E-state index contributed by atoms with van der Waals surface area (Å²) in [4.78, 5) is 39.2. The molecule has 4 aromatic heterocycles. The standard InChI is InChI=1S/C25H21F2N7O3S/c1-33(25(36)37)13-15-11-30-20(27)10-17(15)16-4-2-3-14-9-19(38-22(14)16)21-18(26)12-31-23(32-21)28-5-7-34-8-6-29-24(34)35/h2-4,6,8-12H,5,7,13H2,1H3,(H,29,35)(H,36,37)(H,28,31,32). The number of nitrogens with one attached hydrogen (secondary N) is 2. The normalized spacial score (nSPS) is 11.1. The van der Waals surface area contributed by atoms with Crippen molar-refractivity contribution in [1.29, 1.82) is 0 Å². The monoisotopic (exact) mass is 537 g/mol. The number of H-pyrrole nitrogens is 1. The summed E-state index contributed by atoms with van der Waals surface area (Å²) < 4.78 is 31.2. The summed E-state index contributed by atoms with van der Waals surface area (Å²) in [6, 6.07) is 8.50. The van der Waals surface area contributed by atoms with Crippen molar-refractivity contribution in [3.63, 3.8) is 0 Å². The zero-order chi connectivity index (χ0) is 26.8. The summed E-state index contributed by atoms with van der Waals surface area (Å²) in [6.07, 6.45) is 4.44. The summed E-state index contributed by atoms with van der Waals surface area (Å²) in [7, 11) is 1.42. The molecule has 0 saturated carbocycles. The van der Waals surface area contributed by atoms with E-state index < -0.39 is 17.9 Å². The van der Waals surface area contributed by atoms with Crippen LogP contribution in [0.15, 0.2) is 59.9 Å². The summed E-state index contributed by atoms with van der Waals surface area (Å²) in [5.41, 5.74) is 1.55. The van der Waals surface area contributed by atoms with Gasteiger partial charge in [-0.1, -0.05) is 18.2 Å². The van der Waals surface area contributed by atoms with E-state index in [9.17, 15) is 23.5 Å². The maximum atomic E-state index is 14.8. The first-order valence-electron chi connectivity index (χ1n) is 11.4. The van der Waals surface area contributed by atoms with Crippen LogP contribution in [0, 0.1) is 11.8 Å². The van der Waals surface area contributed by atoms with Crippen LogP contribution in [0.1, 0.15) is 5.56 Å². The third-order valence-electron chi connectivity index (χ3n) is 5.86. The predicted octanol–water partition coefficient (Wildman–Crippen LogP) is 4.41. The lowest BCUT2D eigenvalue weighted by Crippen LogP contribution is -2.24. The van der Waals surface area contributed by atoms with Gasteiger partial charge in [0.1, 0.15) is 5.69 Å². The van der Waals surface area contributed by atoms with Crippen LogP contribution in [-0.4, -0.2) is 54.2 Å². The van der Waals surface area contributed by atoms with Crippen molar-refractivity contribution in [1.82, 2.24) is 29.4 Å². The van der Waals surface area contributed by atoms with E-state index in [0.29, 0.717) is 34.7 Å². The number of amides is 1. The zero-order valence-corrected chi connectivity index (χ0v) is 20.8. The van der Waals surface area contributed by atoms with Crippen LogP contribution in [0.4, 0.5) is 19.5 Å². The van der Waals surface area contributed by atoms with Gasteiger partial charge >= 0.3 is 11.8 Å². The fourth-order valence-corrected chi connectivity index (χ4v) is 5.17. The van der Waals surface area contributed by atoms with Crippen LogP contribution in [0.3, 0.4) is 0 Å². The number of rotatable bonds is 8. The zero-order valence-electron chi connectivity index (χ0n) is 20.0. The van der Waals surface area contributed by atoms with Crippen molar-refractivity contribution in [3.05, 3.63) is 82.9 Å². The van der Waals surface area contributed by atoms with Crippen molar-refractivity contribution in [2.24, 2.45) is 0 Å². The average Bonchev–Trinajstić information content (AvgIpc) is 3.51. The highest BCUT2D eigenvalue weighted by Crippen LogP contribution is 2.40. The smallest absolute Gasteiger partial charge is 0.407 e. The minimum Gasteiger partial charge on any atom is -0.465 e. The molecular weight excluding hydrogens is 516 g/mol. The molecule has 4 heterocycles. The van der Waals surface area contributed by atoms with Gasteiger partial charge in [-0.3, -0.25) is 4.57 Å². The lowest BCUT2D eigenvalue weighted by Gasteiger charge is -2.16. The Kier molecular flexibility index (Phi) is 6.83. The van der Waals surface area contributed by atoms with Crippen molar-refractivity contribution >= 4 is 33.5 Å². The van der Waals surface area contributed by atoms with Gasteiger partial charge in [0, 0.05) is 55.1 Å². The number of pyridine rings is 1. The molecule has 1 aromatic carbocycles. The molecule has 0 spiro atoms. The third-order valence-corrected chi connectivity index (χ3v) is 7.05. The van der Waals surface area contributed by atoms with Crippen molar-refractivity contribution in [3.8, 4) is 21.7 Å². The molecule has 0 bridgehead atoms. The number of hydrogen-bond donors (Lipinski definition) is 3. The summed E-state index contributed by atoms with van der Waals surface area (Å²) >= 11 is 1.28. The van der Waals surface area contributed by atoms with Crippen LogP contribution in [0.2, 0.25) is 0 Å². The molecule has 0 saturated heterocycles. The Balaban J connectivity index is 1.49. The van der Waals surface area contributed by atoms with Gasteiger partial charge in [-0.2, -0.15) is 4.39 Å². The van der Waals surface area contributed by atoms with Gasteiger partial charge in [0.15, 0.2) is 5.82 Å². The van der Waals surface area contributed by atoms with Gasteiger partial charge in [0.05, 0.1) is 17.6 Å². The molecule has 0 aliphatic rings. The van der Waals surface area contributed by atoms with E-state index in [4.69, 9.17) is 0 Å². The van der Waals surface area contributed by atoms with Crippen LogP contribution < -0.4 is 11.0 Å². The van der Waals surface area contributed by atoms with E-state index >= 15 is 0 Å². The SMILES string of the molecule is CN(Cc1cnc(F)cc1-c1cccc2cc(-c3nc(NCCn4cc[nH]c4=O)ncc3F)sc12)C(=O)O. The molecule has 5 aromatic rings. The molecular formula is C25H21F2N7O3S. The van der Waals surface area contributed by atoms with E-state index in [1.807, 2.05) is 6.07 Å². The highest BCUT2D eigenvalue weighted by molar-refractivity contribution is 7.22. The number of benzene rings is 1. The van der Waals surface area contributed by atoms with Gasteiger partial charge < -0.3 is 20.3 Å². The number of hydrogen-bond acceptors (Lipinski definition) is 7. The maximum Gasteiger partial charge on any atom is 0.407 e. The molecule has 0 aliphatic heterocycles. The molecule has 10 nitrogen and oxygen atoms in total. The minimum atomic E-state index is -1.12. The number of carboxylic acid groups (broad SMARTS) is 1. The Bertz CT molecular complexity index is 1700. The third kappa shape index (κ3) is 5.09. The Labute approximate surface area is 218 Å². The number of thiophene rings is 1. The fourth-order valence-electron chi connectivity index (χ4n) is 3.99. The number of imidazole rings is 1. The lowest BCUT2D eigenvalue weighted by atomic mass is 10.00. The maximum absolute atomic E-state index is 14.8. The second kappa shape index (κ2) is 10.4. The predicted molar refractivity (Wildman–Crippen MR) is 139 cm³/mol. The Morgan fingerprint density at radius 1 is 1.21 bits per heavy atom. The molecule has 0 radical (unpaired) electrons. The number of aromatic nitrogens is 5. The van der Waals surface area contributed by atoms with E-state index in [1.165, 1.54) is 41.4 Å². The van der Waals surface area contributed by atoms with Crippen LogP contribution in [0.25, 0.3) is 31.8 Å². The van der Waals surface area contributed by atoms with E-state index in [1.54, 1.807) is 24.4 Å². The second-order valence-electron chi connectivity index (χ2n) is 8.41. The average molecular weight is 538 g/mol. The van der Waals surface area contributed by atoms with E-state index in [0.717, 1.165) is 21.2 Å². The van der Waals surface area contributed by atoms with Crippen LogP contribution in [0.5, 0.6) is 0 Å². The number of aromatic amines is 1. The summed E-state index contributed by atoms with van der Waals surface area (Å²) in [6.45, 7) is 0.726. The lowest BCUT2D eigenvalue weighted by molar-refractivity contribution is 0.154. The number of halogens is 2. The Morgan fingerprint density at radius 2 is 2.05 bits per heavy atom. The molecule has 5 rings (SSSR count). The summed E-state index contributed by atoms with van der Waals surface area (Å²) in [5, 5.41) is 13.1. The molecule has 1 amide bonds. The quantitative estimate of drug-likeness (QED) is 0.250. The van der Waals surface area contributed by atoms with Gasteiger partial charge in [0.2, 0.25) is 11.9 Å². The van der Waals surface area contributed by atoms with Crippen LogP contribution in [-0.2, 0) is 13.1 Å². The van der Waals surface area contributed by atoms with Gasteiger partial charge in [-0.15, -0.1) is 11.3 Å². The first kappa shape index (κ1) is 25.0. The highest BCUT2D eigenvalue weighted by atomic mass is 32.1. The first-order valence-corrected chi connectivity index (χ1v) is 12.2. The van der Waals surface area contributed by atoms with Crippen molar-refractivity contribution in [2.45, 2.75) is 13.1 Å². The molecule has 0 unspecified atom stereocenters. The Morgan fingerprint density at radius 3 is 2.82 bits per heavy atom. The van der Waals surface area contributed by atoms with Gasteiger partial charge in [0.25, 0.3) is 0 Å². The molecule has 3 N–H and O–H groups in total. The molecule has 194 valence electrons. The van der Waals surface area contributed by atoms with Crippen molar-refractivity contribution < 1.29 is 18.7 Å². The largest absolute Gasteiger partial charge is 0.465 e. The topological polar surface area (TPSA) is 129 Å². The number of carbonyl (C=O) groups is 1. The van der Waals surface area contributed by atoms with Gasteiger partial charge in [-0.25, -0.2) is 28.9 Å². The fraction of sp³-hybridized carbons (Fsp3) is 0.160. The molecule has 0 atom stereocenters. The van der Waals surface area contributed by atoms with Gasteiger partial charge in [-0.05, 0) is 22.6 Å². The number of anilines is 1. The number of fused-ring (bicyclic) bond motifs is 1. The first-order chi connectivity index (χ1) is 18.3. The molecule has 0 aliphatic carbocycles. The minimum absolute atomic E-state index is 0.0109. The molecule has 38 heavy (non-hydrogen) atoms. The molecule has 0 fully saturated rings. The van der Waals surface area contributed by atoms with Crippen molar-refractivity contribution in [2.75, 3.05) is 18.9 Å². The second-order valence-corrected chi connectivity index (χ2v) is 9.47. The van der Waals surface area contributed by atoms with Crippen LogP contribution >= 0.6 is 11.3 Å². The molecule has 13 heteroatoms. The van der Waals surface area contributed by atoms with E-state index in [2.05, 4.69) is 25.3 Å².